The van der Waals surface area contributed by atoms with Crippen molar-refractivity contribution in [3.05, 3.63) is 65.7 Å². The average molecular weight is 285 g/mol. The van der Waals surface area contributed by atoms with Gasteiger partial charge in [0.05, 0.1) is 13.2 Å². The Balaban J connectivity index is 1.79. The highest BCUT2D eigenvalue weighted by molar-refractivity contribution is 5.28. The molecular formula is C18H23NO2. The number of benzene rings is 2. The molecule has 0 saturated carbocycles. The fraction of sp³-hybridized carbons (Fsp3) is 0.333. The van der Waals surface area contributed by atoms with Gasteiger partial charge >= 0.3 is 0 Å². The average Bonchev–Trinajstić information content (AvgIpc) is 2.56. The molecule has 0 fully saturated rings. The second-order valence-electron chi connectivity index (χ2n) is 4.96. The van der Waals surface area contributed by atoms with Crippen LogP contribution in [0.2, 0.25) is 0 Å². The fourth-order valence-electron chi connectivity index (χ4n) is 2.27. The largest absolute Gasteiger partial charge is 0.497 e. The third-order valence-corrected chi connectivity index (χ3v) is 3.47. The Morgan fingerprint density at radius 2 is 1.71 bits per heavy atom. The lowest BCUT2D eigenvalue weighted by atomic mass is 10.1. The lowest BCUT2D eigenvalue weighted by Gasteiger charge is -2.16. The van der Waals surface area contributed by atoms with Gasteiger partial charge in [-0.3, -0.25) is 0 Å². The first-order valence-corrected chi connectivity index (χ1v) is 7.33. The number of ether oxygens (including phenoxy) is 2. The summed E-state index contributed by atoms with van der Waals surface area (Å²) in [5.41, 5.74) is 8.25. The Kier molecular flexibility index (Phi) is 6.25. The maximum Gasteiger partial charge on any atom is 0.118 e. The van der Waals surface area contributed by atoms with Crippen molar-refractivity contribution in [1.29, 1.82) is 0 Å². The molecule has 0 aliphatic carbocycles. The summed E-state index contributed by atoms with van der Waals surface area (Å²) in [4.78, 5) is 0. The molecule has 0 bridgehead atoms. The summed E-state index contributed by atoms with van der Waals surface area (Å²) in [6.07, 6.45) is 1.98. The summed E-state index contributed by atoms with van der Waals surface area (Å²) >= 11 is 0. The Morgan fingerprint density at radius 1 is 1.00 bits per heavy atom. The van der Waals surface area contributed by atoms with E-state index in [1.807, 2.05) is 30.3 Å². The van der Waals surface area contributed by atoms with E-state index in [0.29, 0.717) is 13.2 Å². The van der Waals surface area contributed by atoms with E-state index in [0.717, 1.165) is 24.2 Å². The first kappa shape index (κ1) is 15.5. The van der Waals surface area contributed by atoms with E-state index in [4.69, 9.17) is 15.2 Å². The van der Waals surface area contributed by atoms with Crippen molar-refractivity contribution < 1.29 is 9.47 Å². The summed E-state index contributed by atoms with van der Waals surface area (Å²) in [7, 11) is 1.66. The number of hydrogen-bond donors (Lipinski definition) is 1. The van der Waals surface area contributed by atoms with Gasteiger partial charge in [-0.25, -0.2) is 0 Å². The number of rotatable bonds is 8. The predicted molar refractivity (Wildman–Crippen MR) is 85.5 cm³/mol. The van der Waals surface area contributed by atoms with Crippen LogP contribution in [0.3, 0.4) is 0 Å². The normalized spacial score (nSPS) is 12.1. The quantitative estimate of drug-likeness (QED) is 0.757. The topological polar surface area (TPSA) is 44.5 Å². The third kappa shape index (κ3) is 4.88. The highest BCUT2D eigenvalue weighted by Crippen LogP contribution is 2.20. The Morgan fingerprint density at radius 3 is 2.33 bits per heavy atom. The van der Waals surface area contributed by atoms with Crippen molar-refractivity contribution in [2.24, 2.45) is 5.73 Å². The summed E-state index contributed by atoms with van der Waals surface area (Å²) in [6, 6.07) is 18.3. The Labute approximate surface area is 126 Å². The van der Waals surface area contributed by atoms with Crippen molar-refractivity contribution in [1.82, 2.24) is 0 Å². The Hall–Kier alpha value is -1.84. The summed E-state index contributed by atoms with van der Waals surface area (Å²) < 4.78 is 11.1. The molecule has 3 nitrogen and oxygen atoms in total. The number of methoxy groups -OCH3 is 1. The highest BCUT2D eigenvalue weighted by Gasteiger charge is 2.09. The molecule has 0 heterocycles. The van der Waals surface area contributed by atoms with Crippen molar-refractivity contribution in [2.75, 3.05) is 20.3 Å². The van der Waals surface area contributed by atoms with Crippen LogP contribution in [0.25, 0.3) is 0 Å². The van der Waals surface area contributed by atoms with E-state index in [-0.39, 0.29) is 6.10 Å². The highest BCUT2D eigenvalue weighted by atomic mass is 16.5. The fourth-order valence-corrected chi connectivity index (χ4v) is 2.27. The van der Waals surface area contributed by atoms with Crippen molar-refractivity contribution in [2.45, 2.75) is 18.9 Å². The van der Waals surface area contributed by atoms with Crippen LogP contribution in [-0.2, 0) is 11.2 Å². The van der Waals surface area contributed by atoms with Gasteiger partial charge in [0.1, 0.15) is 5.75 Å². The van der Waals surface area contributed by atoms with Gasteiger partial charge in [-0.2, -0.15) is 0 Å². The van der Waals surface area contributed by atoms with Crippen LogP contribution >= 0.6 is 0 Å². The molecule has 0 radical (unpaired) electrons. The molecule has 112 valence electrons. The van der Waals surface area contributed by atoms with E-state index in [9.17, 15) is 0 Å². The van der Waals surface area contributed by atoms with Crippen LogP contribution in [0, 0.1) is 0 Å². The van der Waals surface area contributed by atoms with Gasteiger partial charge in [-0.15, -0.1) is 0 Å². The molecule has 0 amide bonds. The molecule has 0 saturated heterocycles. The lowest BCUT2D eigenvalue weighted by molar-refractivity contribution is 0.0571. The molecule has 2 rings (SSSR count). The smallest absolute Gasteiger partial charge is 0.118 e. The van der Waals surface area contributed by atoms with E-state index in [1.165, 1.54) is 5.56 Å². The molecule has 0 aliphatic heterocycles. The van der Waals surface area contributed by atoms with Gasteiger partial charge in [0.25, 0.3) is 0 Å². The minimum absolute atomic E-state index is 0.0494. The van der Waals surface area contributed by atoms with Gasteiger partial charge in [0.2, 0.25) is 0 Å². The van der Waals surface area contributed by atoms with E-state index in [1.54, 1.807) is 7.11 Å². The van der Waals surface area contributed by atoms with Crippen LogP contribution in [-0.4, -0.2) is 20.3 Å². The van der Waals surface area contributed by atoms with Crippen LogP contribution < -0.4 is 10.5 Å². The maximum atomic E-state index is 5.91. The van der Waals surface area contributed by atoms with Crippen LogP contribution in [0.15, 0.2) is 54.6 Å². The molecule has 0 aromatic heterocycles. The monoisotopic (exact) mass is 285 g/mol. The minimum atomic E-state index is -0.0494. The van der Waals surface area contributed by atoms with Crippen molar-refractivity contribution in [3.8, 4) is 5.75 Å². The molecule has 0 aliphatic rings. The second kappa shape index (κ2) is 8.45. The zero-order chi connectivity index (χ0) is 14.9. The second-order valence-corrected chi connectivity index (χ2v) is 4.96. The molecule has 2 N–H and O–H groups in total. The SMILES string of the molecule is COc1ccc(C(CN)OCCCc2ccccc2)cc1. The molecule has 1 unspecified atom stereocenters. The molecule has 2 aromatic carbocycles. The zero-order valence-corrected chi connectivity index (χ0v) is 12.5. The van der Waals surface area contributed by atoms with Gasteiger partial charge < -0.3 is 15.2 Å². The lowest BCUT2D eigenvalue weighted by Crippen LogP contribution is -2.16. The maximum absolute atomic E-state index is 5.91. The standard InChI is InChI=1S/C18H23NO2/c1-20-17-11-9-16(10-12-17)18(14-19)21-13-5-8-15-6-3-2-4-7-15/h2-4,6-7,9-12,18H,5,8,13-14,19H2,1H3. The number of nitrogens with two attached hydrogens (primary N) is 1. The van der Waals surface area contributed by atoms with Crippen molar-refractivity contribution in [3.63, 3.8) is 0 Å². The van der Waals surface area contributed by atoms with Crippen LogP contribution in [0.5, 0.6) is 5.75 Å². The van der Waals surface area contributed by atoms with Crippen molar-refractivity contribution >= 4 is 0 Å². The summed E-state index contributed by atoms with van der Waals surface area (Å²) in [5.74, 6) is 0.846. The molecule has 2 aromatic rings. The first-order chi connectivity index (χ1) is 10.3. The van der Waals surface area contributed by atoms with Crippen LogP contribution in [0.4, 0.5) is 0 Å². The minimum Gasteiger partial charge on any atom is -0.497 e. The molecule has 0 spiro atoms. The Bertz CT molecular complexity index is 511. The zero-order valence-electron chi connectivity index (χ0n) is 12.5. The van der Waals surface area contributed by atoms with E-state index in [2.05, 4.69) is 24.3 Å². The molecule has 21 heavy (non-hydrogen) atoms. The third-order valence-electron chi connectivity index (χ3n) is 3.47. The first-order valence-electron chi connectivity index (χ1n) is 7.33. The van der Waals surface area contributed by atoms with Gasteiger partial charge in [-0.05, 0) is 36.1 Å². The van der Waals surface area contributed by atoms with E-state index >= 15 is 0 Å². The number of hydrogen-bond acceptors (Lipinski definition) is 3. The summed E-state index contributed by atoms with van der Waals surface area (Å²) in [6.45, 7) is 1.19. The van der Waals surface area contributed by atoms with Gasteiger partial charge in [-0.1, -0.05) is 42.5 Å². The summed E-state index contributed by atoms with van der Waals surface area (Å²) in [5, 5.41) is 0. The van der Waals surface area contributed by atoms with E-state index < -0.39 is 0 Å². The van der Waals surface area contributed by atoms with Gasteiger partial charge in [0.15, 0.2) is 0 Å². The van der Waals surface area contributed by atoms with Crippen LogP contribution in [0.1, 0.15) is 23.7 Å². The molecule has 3 heteroatoms. The predicted octanol–water partition coefficient (Wildman–Crippen LogP) is 3.34. The molecule has 1 atom stereocenters. The molecular weight excluding hydrogens is 262 g/mol. The number of aryl methyl sites for hydroxylation is 1. The van der Waals surface area contributed by atoms with Gasteiger partial charge in [0, 0.05) is 13.2 Å².